The smallest absolute Gasteiger partial charge is 0.133 e. The standard InChI is InChI=1S/C15H21N3O/c1-2-11(5-7-16)10-18-15-14-9-13(19)4-3-12(14)6-8-17-15/h3-4,6,8-9,11,19H,2,5,7,10,16H2,1H3,(H,17,18). The van der Waals surface area contributed by atoms with Gasteiger partial charge in [-0.05, 0) is 42.5 Å². The Morgan fingerprint density at radius 1 is 1.37 bits per heavy atom. The van der Waals surface area contributed by atoms with Crippen LogP contribution in [0.4, 0.5) is 5.82 Å². The number of phenolic OH excluding ortho intramolecular Hbond substituents is 1. The van der Waals surface area contributed by atoms with Crippen LogP contribution in [-0.2, 0) is 0 Å². The van der Waals surface area contributed by atoms with Crippen LogP contribution in [0.15, 0.2) is 30.5 Å². The number of aromatic hydroxyl groups is 1. The maximum Gasteiger partial charge on any atom is 0.133 e. The molecule has 2 rings (SSSR count). The SMILES string of the molecule is CCC(CCN)CNc1nccc2ccc(O)cc12. The summed E-state index contributed by atoms with van der Waals surface area (Å²) in [5, 5.41) is 15.0. The van der Waals surface area contributed by atoms with Crippen molar-refractivity contribution in [2.45, 2.75) is 19.8 Å². The molecule has 1 unspecified atom stereocenters. The Morgan fingerprint density at radius 2 is 2.21 bits per heavy atom. The minimum atomic E-state index is 0.262. The number of hydrogen-bond donors (Lipinski definition) is 3. The number of fused-ring (bicyclic) bond motifs is 1. The number of phenols is 1. The Kier molecular flexibility index (Phi) is 4.58. The molecule has 0 aliphatic carbocycles. The second-order valence-electron chi connectivity index (χ2n) is 4.80. The normalized spacial score (nSPS) is 12.5. The maximum atomic E-state index is 9.59. The highest BCUT2D eigenvalue weighted by Gasteiger charge is 2.07. The van der Waals surface area contributed by atoms with Crippen molar-refractivity contribution in [1.29, 1.82) is 0 Å². The zero-order chi connectivity index (χ0) is 13.7. The molecule has 2 aromatic rings. The molecule has 1 heterocycles. The van der Waals surface area contributed by atoms with Gasteiger partial charge >= 0.3 is 0 Å². The van der Waals surface area contributed by atoms with Crippen LogP contribution in [0, 0.1) is 5.92 Å². The van der Waals surface area contributed by atoms with Gasteiger partial charge in [-0.15, -0.1) is 0 Å². The summed E-state index contributed by atoms with van der Waals surface area (Å²) in [5.41, 5.74) is 5.61. The number of anilines is 1. The van der Waals surface area contributed by atoms with Crippen molar-refractivity contribution < 1.29 is 5.11 Å². The fourth-order valence-corrected chi connectivity index (χ4v) is 2.22. The van der Waals surface area contributed by atoms with Crippen LogP contribution in [0.1, 0.15) is 19.8 Å². The van der Waals surface area contributed by atoms with Gasteiger partial charge in [0.05, 0.1) is 0 Å². The van der Waals surface area contributed by atoms with Gasteiger partial charge in [-0.25, -0.2) is 4.98 Å². The third kappa shape index (κ3) is 3.35. The Morgan fingerprint density at radius 3 is 2.95 bits per heavy atom. The Hall–Kier alpha value is -1.81. The highest BCUT2D eigenvalue weighted by Crippen LogP contribution is 2.25. The van der Waals surface area contributed by atoms with E-state index in [4.69, 9.17) is 5.73 Å². The first-order valence-electron chi connectivity index (χ1n) is 6.76. The van der Waals surface area contributed by atoms with Crippen molar-refractivity contribution in [2.75, 3.05) is 18.4 Å². The number of aromatic nitrogens is 1. The highest BCUT2D eigenvalue weighted by atomic mass is 16.3. The summed E-state index contributed by atoms with van der Waals surface area (Å²) >= 11 is 0. The molecule has 0 saturated carbocycles. The molecule has 0 radical (unpaired) electrons. The molecule has 0 amide bonds. The van der Waals surface area contributed by atoms with E-state index in [0.717, 1.165) is 36.0 Å². The van der Waals surface area contributed by atoms with Crippen molar-refractivity contribution >= 4 is 16.6 Å². The summed E-state index contributed by atoms with van der Waals surface area (Å²) in [5.74, 6) is 1.64. The van der Waals surface area contributed by atoms with E-state index in [1.807, 2.05) is 12.1 Å². The van der Waals surface area contributed by atoms with E-state index in [2.05, 4.69) is 17.2 Å². The Bertz CT molecular complexity index is 542. The molecule has 102 valence electrons. The van der Waals surface area contributed by atoms with E-state index in [-0.39, 0.29) is 5.75 Å². The van der Waals surface area contributed by atoms with E-state index in [1.54, 1.807) is 18.3 Å². The van der Waals surface area contributed by atoms with Gasteiger partial charge in [0.15, 0.2) is 0 Å². The predicted octanol–water partition coefficient (Wildman–Crippen LogP) is 2.73. The average molecular weight is 259 g/mol. The molecule has 0 fully saturated rings. The summed E-state index contributed by atoms with van der Waals surface area (Å²) in [4.78, 5) is 4.36. The molecule has 4 nitrogen and oxygen atoms in total. The fourth-order valence-electron chi connectivity index (χ4n) is 2.22. The lowest BCUT2D eigenvalue weighted by Crippen LogP contribution is -2.17. The van der Waals surface area contributed by atoms with Crippen LogP contribution in [-0.4, -0.2) is 23.2 Å². The first-order chi connectivity index (χ1) is 9.24. The number of benzene rings is 1. The number of rotatable bonds is 6. The van der Waals surface area contributed by atoms with Crippen molar-refractivity contribution in [3.8, 4) is 5.75 Å². The van der Waals surface area contributed by atoms with E-state index >= 15 is 0 Å². The van der Waals surface area contributed by atoms with Gasteiger partial charge in [0.25, 0.3) is 0 Å². The van der Waals surface area contributed by atoms with Crippen LogP contribution in [0.5, 0.6) is 5.75 Å². The van der Waals surface area contributed by atoms with Crippen molar-refractivity contribution in [2.24, 2.45) is 11.7 Å². The van der Waals surface area contributed by atoms with Crippen LogP contribution in [0.25, 0.3) is 10.8 Å². The number of nitrogens with two attached hydrogens (primary N) is 1. The molecule has 1 atom stereocenters. The first kappa shape index (κ1) is 13.6. The van der Waals surface area contributed by atoms with Gasteiger partial charge in [0, 0.05) is 18.1 Å². The quantitative estimate of drug-likeness (QED) is 0.746. The minimum absolute atomic E-state index is 0.262. The Labute approximate surface area is 113 Å². The number of nitrogens with zero attached hydrogens (tertiary/aromatic N) is 1. The zero-order valence-electron chi connectivity index (χ0n) is 11.3. The van der Waals surface area contributed by atoms with Crippen LogP contribution in [0.2, 0.25) is 0 Å². The molecule has 1 aromatic carbocycles. The van der Waals surface area contributed by atoms with Crippen molar-refractivity contribution in [3.05, 3.63) is 30.5 Å². The fraction of sp³-hybridized carbons (Fsp3) is 0.400. The lowest BCUT2D eigenvalue weighted by atomic mass is 10.0. The molecule has 0 spiro atoms. The molecule has 4 heteroatoms. The van der Waals surface area contributed by atoms with Crippen molar-refractivity contribution in [3.63, 3.8) is 0 Å². The zero-order valence-corrected chi connectivity index (χ0v) is 11.3. The number of nitrogens with one attached hydrogen (secondary N) is 1. The van der Waals surface area contributed by atoms with Crippen LogP contribution < -0.4 is 11.1 Å². The molecule has 0 aliphatic rings. The predicted molar refractivity (Wildman–Crippen MR) is 79.3 cm³/mol. The van der Waals surface area contributed by atoms with Gasteiger partial charge < -0.3 is 16.2 Å². The molecule has 1 aromatic heterocycles. The molecule has 0 bridgehead atoms. The van der Waals surface area contributed by atoms with Gasteiger partial charge in [0.2, 0.25) is 0 Å². The Balaban J connectivity index is 2.18. The highest BCUT2D eigenvalue weighted by molar-refractivity contribution is 5.92. The second-order valence-corrected chi connectivity index (χ2v) is 4.80. The summed E-state index contributed by atoms with van der Waals surface area (Å²) in [7, 11) is 0. The molecule has 4 N–H and O–H groups in total. The van der Waals surface area contributed by atoms with E-state index in [9.17, 15) is 5.11 Å². The molecule has 0 saturated heterocycles. The lowest BCUT2D eigenvalue weighted by molar-refractivity contribution is 0.476. The van der Waals surface area contributed by atoms with E-state index in [1.165, 1.54) is 0 Å². The molecule has 19 heavy (non-hydrogen) atoms. The summed E-state index contributed by atoms with van der Waals surface area (Å²) in [6.45, 7) is 3.74. The van der Waals surface area contributed by atoms with Crippen molar-refractivity contribution in [1.82, 2.24) is 4.98 Å². The summed E-state index contributed by atoms with van der Waals surface area (Å²) < 4.78 is 0. The average Bonchev–Trinajstić information content (AvgIpc) is 2.43. The van der Waals surface area contributed by atoms with Gasteiger partial charge in [-0.2, -0.15) is 0 Å². The first-order valence-corrected chi connectivity index (χ1v) is 6.76. The van der Waals surface area contributed by atoms with Gasteiger partial charge in [-0.1, -0.05) is 19.4 Å². The van der Waals surface area contributed by atoms with Crippen LogP contribution >= 0.6 is 0 Å². The maximum absolute atomic E-state index is 9.59. The third-order valence-electron chi connectivity index (χ3n) is 3.46. The monoisotopic (exact) mass is 259 g/mol. The molecular formula is C15H21N3O. The summed E-state index contributed by atoms with van der Waals surface area (Å²) in [6, 6.07) is 7.27. The van der Waals surface area contributed by atoms with E-state index < -0.39 is 0 Å². The van der Waals surface area contributed by atoms with Gasteiger partial charge in [0.1, 0.15) is 11.6 Å². The molecule has 0 aliphatic heterocycles. The number of hydrogen-bond acceptors (Lipinski definition) is 4. The largest absolute Gasteiger partial charge is 0.508 e. The topological polar surface area (TPSA) is 71.2 Å². The number of pyridine rings is 1. The minimum Gasteiger partial charge on any atom is -0.508 e. The lowest BCUT2D eigenvalue weighted by Gasteiger charge is -2.16. The summed E-state index contributed by atoms with van der Waals surface area (Å²) in [6.07, 6.45) is 3.89. The van der Waals surface area contributed by atoms with Crippen LogP contribution in [0.3, 0.4) is 0 Å². The van der Waals surface area contributed by atoms with Gasteiger partial charge in [-0.3, -0.25) is 0 Å². The third-order valence-corrected chi connectivity index (χ3v) is 3.46. The second kappa shape index (κ2) is 6.38. The molecular weight excluding hydrogens is 238 g/mol. The van der Waals surface area contributed by atoms with E-state index in [0.29, 0.717) is 12.5 Å².